The summed E-state index contributed by atoms with van der Waals surface area (Å²) in [5, 5.41) is 2.55. The number of carbonyl (C=O) groups excluding carboxylic acids is 2. The van der Waals surface area contributed by atoms with Gasteiger partial charge in [-0.15, -0.1) is 0 Å². The zero-order valence-corrected chi connectivity index (χ0v) is 13.4. The Bertz CT molecular complexity index is 811. The fourth-order valence-corrected chi connectivity index (χ4v) is 2.98. The van der Waals surface area contributed by atoms with Crippen LogP contribution in [0.4, 0.5) is 5.69 Å². The molecule has 3 rings (SSSR count). The summed E-state index contributed by atoms with van der Waals surface area (Å²) < 4.78 is 1.54. The molecular formula is C18H19N3O3. The summed E-state index contributed by atoms with van der Waals surface area (Å²) in [7, 11) is 1.54. The molecule has 6 heteroatoms. The van der Waals surface area contributed by atoms with Gasteiger partial charge in [-0.25, -0.2) is 0 Å². The Morgan fingerprint density at radius 3 is 2.46 bits per heavy atom. The van der Waals surface area contributed by atoms with E-state index in [1.807, 2.05) is 0 Å². The Hall–Kier alpha value is -2.89. The predicted octanol–water partition coefficient (Wildman–Crippen LogP) is 1.33. The molecule has 0 spiro atoms. The second kappa shape index (κ2) is 6.70. The van der Waals surface area contributed by atoms with Crippen LogP contribution in [0.1, 0.15) is 12.8 Å². The first-order valence-electron chi connectivity index (χ1n) is 7.93. The molecule has 2 heterocycles. The van der Waals surface area contributed by atoms with Crippen LogP contribution < -0.4 is 15.8 Å². The van der Waals surface area contributed by atoms with Gasteiger partial charge in [-0.05, 0) is 43.2 Å². The van der Waals surface area contributed by atoms with E-state index in [1.165, 1.54) is 10.6 Å². The second-order valence-electron chi connectivity index (χ2n) is 5.72. The molecule has 1 aromatic heterocycles. The Labute approximate surface area is 139 Å². The zero-order valence-electron chi connectivity index (χ0n) is 13.4. The van der Waals surface area contributed by atoms with Gasteiger partial charge in [0.05, 0.1) is 0 Å². The molecule has 1 aliphatic heterocycles. The van der Waals surface area contributed by atoms with Gasteiger partial charge < -0.3 is 10.2 Å². The van der Waals surface area contributed by atoms with Gasteiger partial charge in [-0.3, -0.25) is 19.0 Å². The van der Waals surface area contributed by atoms with Crippen LogP contribution in [0.5, 0.6) is 0 Å². The number of pyridine rings is 1. The predicted molar refractivity (Wildman–Crippen MR) is 91.2 cm³/mol. The maximum atomic E-state index is 12.5. The van der Waals surface area contributed by atoms with Crippen LogP contribution in [0.25, 0.3) is 5.69 Å². The molecule has 6 nitrogen and oxygen atoms in total. The Kier molecular flexibility index (Phi) is 4.46. The van der Waals surface area contributed by atoms with Crippen LogP contribution in [0.15, 0.2) is 53.5 Å². The minimum Gasteiger partial charge on any atom is -0.358 e. The van der Waals surface area contributed by atoms with Gasteiger partial charge in [0.2, 0.25) is 11.8 Å². The van der Waals surface area contributed by atoms with E-state index >= 15 is 0 Å². The van der Waals surface area contributed by atoms with E-state index in [4.69, 9.17) is 0 Å². The van der Waals surface area contributed by atoms with Gasteiger partial charge in [0.25, 0.3) is 5.56 Å². The highest BCUT2D eigenvalue weighted by Gasteiger charge is 2.34. The molecule has 2 aromatic rings. The van der Waals surface area contributed by atoms with Gasteiger partial charge in [-0.1, -0.05) is 6.07 Å². The Morgan fingerprint density at radius 1 is 1.08 bits per heavy atom. The number of aromatic nitrogens is 1. The zero-order chi connectivity index (χ0) is 17.1. The molecule has 0 bridgehead atoms. The average Bonchev–Trinajstić information content (AvgIpc) is 2.62. The molecule has 1 N–H and O–H groups in total. The number of piperidine rings is 1. The summed E-state index contributed by atoms with van der Waals surface area (Å²) in [5.41, 5.74) is 1.36. The van der Waals surface area contributed by atoms with Gasteiger partial charge in [0.15, 0.2) is 0 Å². The Morgan fingerprint density at radius 2 is 1.79 bits per heavy atom. The monoisotopic (exact) mass is 325 g/mol. The molecule has 1 aromatic carbocycles. The molecule has 1 unspecified atom stereocenters. The third-order valence-electron chi connectivity index (χ3n) is 4.26. The molecule has 0 saturated carbocycles. The van der Waals surface area contributed by atoms with Gasteiger partial charge in [0, 0.05) is 37.2 Å². The van der Waals surface area contributed by atoms with E-state index in [0.29, 0.717) is 13.0 Å². The van der Waals surface area contributed by atoms with Crippen molar-refractivity contribution in [3.8, 4) is 5.69 Å². The quantitative estimate of drug-likeness (QED) is 0.865. The van der Waals surface area contributed by atoms with Crippen molar-refractivity contribution in [1.82, 2.24) is 9.88 Å². The van der Waals surface area contributed by atoms with Crippen LogP contribution in [0.2, 0.25) is 0 Å². The standard InChI is InChI=1S/C18H19N3O3/c1-19-17(23)15-5-4-12-21(18(15)24)14-9-7-13(8-10-14)20-11-3-2-6-16(20)22/h2-3,6-11,15H,4-5,12H2,1H3,(H,19,23). The van der Waals surface area contributed by atoms with Crippen LogP contribution in [0, 0.1) is 5.92 Å². The highest BCUT2D eigenvalue weighted by Crippen LogP contribution is 2.25. The maximum Gasteiger partial charge on any atom is 0.255 e. The lowest BCUT2D eigenvalue weighted by Gasteiger charge is -2.31. The summed E-state index contributed by atoms with van der Waals surface area (Å²) in [5.74, 6) is -1.04. The summed E-state index contributed by atoms with van der Waals surface area (Å²) >= 11 is 0. The normalized spacial score (nSPS) is 17.6. The van der Waals surface area contributed by atoms with Crippen LogP contribution >= 0.6 is 0 Å². The molecule has 24 heavy (non-hydrogen) atoms. The topological polar surface area (TPSA) is 71.4 Å². The first-order chi connectivity index (χ1) is 11.6. The molecule has 2 amide bonds. The van der Waals surface area contributed by atoms with Crippen molar-refractivity contribution < 1.29 is 9.59 Å². The summed E-state index contributed by atoms with van der Waals surface area (Å²) in [6.07, 6.45) is 3.06. The van der Waals surface area contributed by atoms with Crippen LogP contribution in [-0.2, 0) is 9.59 Å². The summed E-state index contributed by atoms with van der Waals surface area (Å²) in [6, 6.07) is 12.2. The van der Waals surface area contributed by atoms with Crippen molar-refractivity contribution in [2.24, 2.45) is 5.92 Å². The van der Waals surface area contributed by atoms with Crippen molar-refractivity contribution >= 4 is 17.5 Å². The lowest BCUT2D eigenvalue weighted by molar-refractivity contribution is -0.134. The first kappa shape index (κ1) is 16.0. The number of amides is 2. The Balaban J connectivity index is 1.85. The van der Waals surface area contributed by atoms with Crippen LogP contribution in [0.3, 0.4) is 0 Å². The van der Waals surface area contributed by atoms with E-state index in [9.17, 15) is 14.4 Å². The van der Waals surface area contributed by atoms with E-state index in [0.717, 1.165) is 17.8 Å². The highest BCUT2D eigenvalue weighted by atomic mass is 16.2. The summed E-state index contributed by atoms with van der Waals surface area (Å²) in [6.45, 7) is 0.594. The third kappa shape index (κ3) is 2.95. The molecule has 1 fully saturated rings. The minimum atomic E-state index is -0.625. The van der Waals surface area contributed by atoms with Gasteiger partial charge in [0.1, 0.15) is 5.92 Å². The molecule has 124 valence electrons. The molecule has 0 radical (unpaired) electrons. The molecule has 1 saturated heterocycles. The number of rotatable bonds is 3. The van der Waals surface area contributed by atoms with E-state index in [-0.39, 0.29) is 17.4 Å². The molecule has 0 aliphatic carbocycles. The van der Waals surface area contributed by atoms with Crippen LogP contribution in [-0.4, -0.2) is 30.0 Å². The van der Waals surface area contributed by atoms with Gasteiger partial charge in [-0.2, -0.15) is 0 Å². The lowest BCUT2D eigenvalue weighted by Crippen LogP contribution is -2.47. The molecular weight excluding hydrogens is 306 g/mol. The summed E-state index contributed by atoms with van der Waals surface area (Å²) in [4.78, 5) is 37.9. The number of nitrogens with zero attached hydrogens (tertiary/aromatic N) is 2. The fraction of sp³-hybridized carbons (Fsp3) is 0.278. The fourth-order valence-electron chi connectivity index (χ4n) is 2.98. The number of hydrogen-bond acceptors (Lipinski definition) is 3. The second-order valence-corrected chi connectivity index (χ2v) is 5.72. The molecule has 1 atom stereocenters. The van der Waals surface area contributed by atoms with Gasteiger partial charge >= 0.3 is 0 Å². The minimum absolute atomic E-state index is 0.112. The number of carbonyl (C=O) groups is 2. The van der Waals surface area contributed by atoms with Crippen molar-refractivity contribution in [3.63, 3.8) is 0 Å². The molecule has 1 aliphatic rings. The average molecular weight is 325 g/mol. The van der Waals surface area contributed by atoms with Crippen molar-refractivity contribution in [1.29, 1.82) is 0 Å². The van der Waals surface area contributed by atoms with Crippen molar-refractivity contribution in [2.45, 2.75) is 12.8 Å². The SMILES string of the molecule is CNC(=O)C1CCCN(c2ccc(-n3ccccc3=O)cc2)C1=O. The van der Waals surface area contributed by atoms with Crippen molar-refractivity contribution in [3.05, 3.63) is 59.0 Å². The highest BCUT2D eigenvalue weighted by molar-refractivity contribution is 6.08. The lowest BCUT2D eigenvalue weighted by atomic mass is 9.95. The van der Waals surface area contributed by atoms with E-state index in [1.54, 1.807) is 54.5 Å². The maximum absolute atomic E-state index is 12.5. The number of anilines is 1. The smallest absolute Gasteiger partial charge is 0.255 e. The van der Waals surface area contributed by atoms with E-state index < -0.39 is 5.92 Å². The number of benzene rings is 1. The number of hydrogen-bond donors (Lipinski definition) is 1. The third-order valence-corrected chi connectivity index (χ3v) is 4.26. The largest absolute Gasteiger partial charge is 0.358 e. The number of nitrogens with one attached hydrogen (secondary N) is 1. The first-order valence-corrected chi connectivity index (χ1v) is 7.93. The van der Waals surface area contributed by atoms with Crippen molar-refractivity contribution in [2.75, 3.05) is 18.5 Å². The van der Waals surface area contributed by atoms with E-state index in [2.05, 4.69) is 5.32 Å².